The van der Waals surface area contributed by atoms with Gasteiger partial charge in [-0.15, -0.1) is 0 Å². The number of benzene rings is 1. The molecule has 0 aliphatic carbocycles. The van der Waals surface area contributed by atoms with Crippen molar-refractivity contribution in [1.82, 2.24) is 5.32 Å². The molecular formula is C17H27NO3. The molecule has 0 aromatic heterocycles. The average molecular weight is 293 g/mol. The SMILES string of the molecule is CC(C)COCCNCC(C)C(=O)OCc1ccccc1. The molecule has 1 aromatic rings. The topological polar surface area (TPSA) is 47.6 Å². The second kappa shape index (κ2) is 10.4. The van der Waals surface area contributed by atoms with Crippen LogP contribution in [0.1, 0.15) is 26.3 Å². The zero-order chi connectivity index (χ0) is 15.5. The molecule has 0 heterocycles. The number of nitrogens with one attached hydrogen (secondary N) is 1. The van der Waals surface area contributed by atoms with Crippen molar-refractivity contribution in [2.24, 2.45) is 11.8 Å². The lowest BCUT2D eigenvalue weighted by molar-refractivity contribution is -0.149. The predicted molar refractivity (Wildman–Crippen MR) is 83.9 cm³/mol. The first-order chi connectivity index (χ1) is 10.1. The van der Waals surface area contributed by atoms with E-state index < -0.39 is 0 Å². The quantitative estimate of drug-likeness (QED) is 0.532. The third-order valence-electron chi connectivity index (χ3n) is 2.95. The zero-order valence-corrected chi connectivity index (χ0v) is 13.3. The van der Waals surface area contributed by atoms with Gasteiger partial charge in [0.15, 0.2) is 0 Å². The minimum absolute atomic E-state index is 0.154. The van der Waals surface area contributed by atoms with E-state index in [9.17, 15) is 4.79 Å². The third-order valence-corrected chi connectivity index (χ3v) is 2.95. The molecule has 0 saturated heterocycles. The van der Waals surface area contributed by atoms with Crippen molar-refractivity contribution in [2.75, 3.05) is 26.3 Å². The number of hydrogen-bond acceptors (Lipinski definition) is 4. The molecular weight excluding hydrogens is 266 g/mol. The Morgan fingerprint density at radius 2 is 1.90 bits per heavy atom. The van der Waals surface area contributed by atoms with Gasteiger partial charge in [-0.3, -0.25) is 4.79 Å². The molecule has 1 atom stereocenters. The summed E-state index contributed by atoms with van der Waals surface area (Å²) >= 11 is 0. The highest BCUT2D eigenvalue weighted by Gasteiger charge is 2.13. The van der Waals surface area contributed by atoms with Gasteiger partial charge in [0.25, 0.3) is 0 Å². The van der Waals surface area contributed by atoms with Crippen LogP contribution in [0.5, 0.6) is 0 Å². The summed E-state index contributed by atoms with van der Waals surface area (Å²) in [5.74, 6) is 0.227. The van der Waals surface area contributed by atoms with Crippen LogP contribution in [-0.2, 0) is 20.9 Å². The fraction of sp³-hybridized carbons (Fsp3) is 0.588. The molecule has 1 rings (SSSR count). The normalized spacial score (nSPS) is 12.4. The second-order valence-corrected chi connectivity index (χ2v) is 5.67. The summed E-state index contributed by atoms with van der Waals surface area (Å²) in [5, 5.41) is 3.21. The first-order valence-electron chi connectivity index (χ1n) is 7.58. The second-order valence-electron chi connectivity index (χ2n) is 5.67. The smallest absolute Gasteiger partial charge is 0.310 e. The minimum Gasteiger partial charge on any atom is -0.461 e. The Morgan fingerprint density at radius 1 is 1.19 bits per heavy atom. The number of ether oxygens (including phenoxy) is 2. The Bertz CT molecular complexity index is 392. The van der Waals surface area contributed by atoms with Crippen molar-refractivity contribution >= 4 is 5.97 Å². The molecule has 0 saturated carbocycles. The van der Waals surface area contributed by atoms with Crippen LogP contribution in [-0.4, -0.2) is 32.3 Å². The standard InChI is InChI=1S/C17H27NO3/c1-14(2)12-20-10-9-18-11-15(3)17(19)21-13-16-7-5-4-6-8-16/h4-8,14-15,18H,9-13H2,1-3H3. The maximum Gasteiger partial charge on any atom is 0.310 e. The van der Waals surface area contributed by atoms with E-state index in [0.29, 0.717) is 25.7 Å². The molecule has 0 aliphatic heterocycles. The van der Waals surface area contributed by atoms with Gasteiger partial charge >= 0.3 is 5.97 Å². The van der Waals surface area contributed by atoms with Crippen LogP contribution >= 0.6 is 0 Å². The highest BCUT2D eigenvalue weighted by Crippen LogP contribution is 2.04. The number of carbonyl (C=O) groups is 1. The summed E-state index contributed by atoms with van der Waals surface area (Å²) in [7, 11) is 0. The lowest BCUT2D eigenvalue weighted by Crippen LogP contribution is -2.30. The Morgan fingerprint density at radius 3 is 2.57 bits per heavy atom. The van der Waals surface area contributed by atoms with E-state index >= 15 is 0 Å². The molecule has 0 amide bonds. The van der Waals surface area contributed by atoms with Crippen LogP contribution in [0, 0.1) is 11.8 Å². The molecule has 0 aliphatic rings. The van der Waals surface area contributed by atoms with Crippen LogP contribution in [0.2, 0.25) is 0 Å². The van der Waals surface area contributed by atoms with E-state index in [1.54, 1.807) is 0 Å². The lowest BCUT2D eigenvalue weighted by atomic mass is 10.2. The van der Waals surface area contributed by atoms with E-state index in [2.05, 4.69) is 19.2 Å². The van der Waals surface area contributed by atoms with E-state index in [1.165, 1.54) is 0 Å². The summed E-state index contributed by atoms with van der Waals surface area (Å²) in [6, 6.07) is 9.71. The predicted octanol–water partition coefficient (Wildman–Crippen LogP) is 2.63. The monoisotopic (exact) mass is 293 g/mol. The van der Waals surface area contributed by atoms with Gasteiger partial charge in [-0.2, -0.15) is 0 Å². The molecule has 118 valence electrons. The highest BCUT2D eigenvalue weighted by atomic mass is 16.5. The number of rotatable bonds is 10. The van der Waals surface area contributed by atoms with Crippen molar-refractivity contribution in [1.29, 1.82) is 0 Å². The maximum atomic E-state index is 11.8. The van der Waals surface area contributed by atoms with Crippen molar-refractivity contribution in [3.05, 3.63) is 35.9 Å². The lowest BCUT2D eigenvalue weighted by Gasteiger charge is -2.13. The van der Waals surface area contributed by atoms with Crippen LogP contribution in [0.25, 0.3) is 0 Å². The molecule has 1 unspecified atom stereocenters. The van der Waals surface area contributed by atoms with Crippen LogP contribution in [0.15, 0.2) is 30.3 Å². The van der Waals surface area contributed by atoms with E-state index in [-0.39, 0.29) is 11.9 Å². The van der Waals surface area contributed by atoms with Crippen molar-refractivity contribution < 1.29 is 14.3 Å². The van der Waals surface area contributed by atoms with Gasteiger partial charge in [0.05, 0.1) is 12.5 Å². The summed E-state index contributed by atoms with van der Waals surface area (Å²) in [5.41, 5.74) is 1.01. The summed E-state index contributed by atoms with van der Waals surface area (Å²) < 4.78 is 10.8. The van der Waals surface area contributed by atoms with E-state index in [1.807, 2.05) is 37.3 Å². The van der Waals surface area contributed by atoms with Crippen molar-refractivity contribution in [2.45, 2.75) is 27.4 Å². The third kappa shape index (κ3) is 8.48. The van der Waals surface area contributed by atoms with Crippen LogP contribution in [0.4, 0.5) is 0 Å². The Balaban J connectivity index is 2.08. The first-order valence-corrected chi connectivity index (χ1v) is 7.58. The van der Waals surface area contributed by atoms with Gasteiger partial charge in [-0.25, -0.2) is 0 Å². The highest BCUT2D eigenvalue weighted by molar-refractivity contribution is 5.72. The number of esters is 1. The Kier molecular flexibility index (Phi) is 8.71. The molecule has 4 nitrogen and oxygen atoms in total. The molecule has 21 heavy (non-hydrogen) atoms. The molecule has 4 heteroatoms. The number of carbonyl (C=O) groups excluding carboxylic acids is 1. The fourth-order valence-electron chi connectivity index (χ4n) is 1.74. The van der Waals surface area contributed by atoms with Gasteiger partial charge in [0.1, 0.15) is 6.61 Å². The van der Waals surface area contributed by atoms with Crippen molar-refractivity contribution in [3.8, 4) is 0 Å². The van der Waals surface area contributed by atoms with Gasteiger partial charge in [0.2, 0.25) is 0 Å². The summed E-state index contributed by atoms with van der Waals surface area (Å²) in [6.45, 7) is 9.26. The minimum atomic E-state index is -0.172. The zero-order valence-electron chi connectivity index (χ0n) is 13.3. The molecule has 0 bridgehead atoms. The van der Waals surface area contributed by atoms with Gasteiger partial charge in [-0.1, -0.05) is 51.1 Å². The van der Waals surface area contributed by atoms with Crippen LogP contribution < -0.4 is 5.32 Å². The van der Waals surface area contributed by atoms with E-state index in [4.69, 9.17) is 9.47 Å². The Hall–Kier alpha value is -1.39. The Labute approximate surface area is 127 Å². The number of hydrogen-bond donors (Lipinski definition) is 1. The van der Waals surface area contributed by atoms with Gasteiger partial charge in [0, 0.05) is 19.7 Å². The van der Waals surface area contributed by atoms with Crippen LogP contribution in [0.3, 0.4) is 0 Å². The van der Waals surface area contributed by atoms with Gasteiger partial charge < -0.3 is 14.8 Å². The molecule has 0 radical (unpaired) electrons. The first kappa shape index (κ1) is 17.7. The molecule has 0 fully saturated rings. The fourth-order valence-corrected chi connectivity index (χ4v) is 1.74. The molecule has 1 N–H and O–H groups in total. The summed E-state index contributed by atoms with van der Waals surface area (Å²) in [6.07, 6.45) is 0. The average Bonchev–Trinajstić information content (AvgIpc) is 2.48. The molecule has 1 aromatic carbocycles. The summed E-state index contributed by atoms with van der Waals surface area (Å²) in [4.78, 5) is 11.8. The van der Waals surface area contributed by atoms with E-state index in [0.717, 1.165) is 18.7 Å². The maximum absolute atomic E-state index is 11.8. The molecule has 0 spiro atoms. The van der Waals surface area contributed by atoms with Crippen molar-refractivity contribution in [3.63, 3.8) is 0 Å². The largest absolute Gasteiger partial charge is 0.461 e. The van der Waals surface area contributed by atoms with Gasteiger partial charge in [-0.05, 0) is 11.5 Å².